The average Bonchev–Trinajstić information content (AvgIpc) is 3.16. The lowest BCUT2D eigenvalue weighted by molar-refractivity contribution is 0.936. The van der Waals surface area contributed by atoms with Gasteiger partial charge in [0.2, 0.25) is 0 Å². The summed E-state index contributed by atoms with van der Waals surface area (Å²) >= 11 is 1.55. The van der Waals surface area contributed by atoms with Crippen LogP contribution in [-0.2, 0) is 0 Å². The van der Waals surface area contributed by atoms with E-state index in [0.717, 1.165) is 27.8 Å². The quantitative estimate of drug-likeness (QED) is 0.568. The molecule has 0 fully saturated rings. The highest BCUT2D eigenvalue weighted by Gasteiger charge is 2.14. The Labute approximate surface area is 148 Å². The molecule has 25 heavy (non-hydrogen) atoms. The average molecular weight is 348 g/mol. The molecule has 124 valence electrons. The first-order valence-corrected chi connectivity index (χ1v) is 8.77. The van der Waals surface area contributed by atoms with Gasteiger partial charge in [-0.2, -0.15) is 4.98 Å². The van der Waals surface area contributed by atoms with Crippen LogP contribution in [0, 0.1) is 0 Å². The van der Waals surface area contributed by atoms with Gasteiger partial charge in [-0.1, -0.05) is 24.3 Å². The molecule has 0 spiro atoms. The summed E-state index contributed by atoms with van der Waals surface area (Å²) in [6.07, 6.45) is 0. The van der Waals surface area contributed by atoms with Crippen molar-refractivity contribution in [2.45, 2.75) is 0 Å². The van der Waals surface area contributed by atoms with Gasteiger partial charge in [-0.05, 0) is 24.3 Å². The zero-order chi connectivity index (χ0) is 17.4. The number of para-hydroxylation sites is 1. The maximum atomic E-state index is 12.8. The topological polar surface area (TPSA) is 51.0 Å². The van der Waals surface area contributed by atoms with Crippen molar-refractivity contribution in [3.63, 3.8) is 0 Å². The SMILES string of the molecule is CN(C)c1nc(=O)n(-c2ccccc2)c2cc(-c3cscn3)ccc12. The summed E-state index contributed by atoms with van der Waals surface area (Å²) < 4.78 is 1.65. The molecule has 2 aromatic carbocycles. The van der Waals surface area contributed by atoms with Crippen molar-refractivity contribution in [3.05, 3.63) is 69.9 Å². The Kier molecular flexibility index (Phi) is 3.82. The van der Waals surface area contributed by atoms with Gasteiger partial charge in [-0.3, -0.25) is 4.57 Å². The Morgan fingerprint density at radius 1 is 1.08 bits per heavy atom. The Morgan fingerprint density at radius 2 is 1.88 bits per heavy atom. The van der Waals surface area contributed by atoms with E-state index in [0.29, 0.717) is 5.82 Å². The van der Waals surface area contributed by atoms with Gasteiger partial charge in [-0.15, -0.1) is 11.3 Å². The number of anilines is 1. The number of hydrogen-bond donors (Lipinski definition) is 0. The van der Waals surface area contributed by atoms with Crippen molar-refractivity contribution in [2.75, 3.05) is 19.0 Å². The molecular weight excluding hydrogens is 332 g/mol. The van der Waals surface area contributed by atoms with Crippen LogP contribution in [0.2, 0.25) is 0 Å². The van der Waals surface area contributed by atoms with Crippen LogP contribution < -0.4 is 10.6 Å². The fraction of sp³-hybridized carbons (Fsp3) is 0.105. The van der Waals surface area contributed by atoms with Crippen molar-refractivity contribution >= 4 is 28.1 Å². The van der Waals surface area contributed by atoms with Crippen LogP contribution in [0.4, 0.5) is 5.82 Å². The molecule has 5 nitrogen and oxygen atoms in total. The van der Waals surface area contributed by atoms with Crippen LogP contribution in [0.1, 0.15) is 0 Å². The monoisotopic (exact) mass is 348 g/mol. The van der Waals surface area contributed by atoms with Crippen molar-refractivity contribution < 1.29 is 0 Å². The molecule has 4 rings (SSSR count). The van der Waals surface area contributed by atoms with Gasteiger partial charge in [0.15, 0.2) is 0 Å². The summed E-state index contributed by atoms with van der Waals surface area (Å²) in [5, 5.41) is 2.92. The van der Waals surface area contributed by atoms with Crippen molar-refractivity contribution in [2.24, 2.45) is 0 Å². The number of fused-ring (bicyclic) bond motifs is 1. The van der Waals surface area contributed by atoms with Gasteiger partial charge in [0.1, 0.15) is 5.82 Å². The Balaban J connectivity index is 2.09. The summed E-state index contributed by atoms with van der Waals surface area (Å²) in [6.45, 7) is 0. The summed E-state index contributed by atoms with van der Waals surface area (Å²) in [5.41, 5.74) is 5.02. The number of rotatable bonds is 3. The Hall–Kier alpha value is -2.99. The highest BCUT2D eigenvalue weighted by Crippen LogP contribution is 2.28. The number of nitrogens with zero attached hydrogens (tertiary/aromatic N) is 4. The van der Waals surface area contributed by atoms with E-state index < -0.39 is 0 Å². The van der Waals surface area contributed by atoms with E-state index in [1.54, 1.807) is 15.9 Å². The first-order chi connectivity index (χ1) is 12.1. The second kappa shape index (κ2) is 6.14. The minimum absolute atomic E-state index is 0.294. The molecule has 0 amide bonds. The number of hydrogen-bond acceptors (Lipinski definition) is 5. The lowest BCUT2D eigenvalue weighted by atomic mass is 10.1. The Bertz CT molecular complexity index is 1090. The molecule has 0 aliphatic rings. The lowest BCUT2D eigenvalue weighted by Crippen LogP contribution is -2.25. The Morgan fingerprint density at radius 3 is 2.56 bits per heavy atom. The van der Waals surface area contributed by atoms with Gasteiger partial charge in [-0.25, -0.2) is 9.78 Å². The molecule has 2 aromatic heterocycles. The molecule has 0 atom stereocenters. The van der Waals surface area contributed by atoms with Crippen LogP contribution in [-0.4, -0.2) is 28.6 Å². The second-order valence-corrected chi connectivity index (χ2v) is 6.61. The number of aromatic nitrogens is 3. The van der Waals surface area contributed by atoms with Crippen LogP contribution in [0.25, 0.3) is 27.8 Å². The normalized spacial score (nSPS) is 11.0. The summed E-state index contributed by atoms with van der Waals surface area (Å²) in [4.78, 5) is 23.3. The van der Waals surface area contributed by atoms with Crippen LogP contribution in [0.5, 0.6) is 0 Å². The summed E-state index contributed by atoms with van der Waals surface area (Å²) in [7, 11) is 3.78. The second-order valence-electron chi connectivity index (χ2n) is 5.89. The van der Waals surface area contributed by atoms with Crippen LogP contribution >= 0.6 is 11.3 Å². The maximum Gasteiger partial charge on any atom is 0.354 e. The third kappa shape index (κ3) is 2.70. The first-order valence-electron chi connectivity index (χ1n) is 7.83. The molecule has 6 heteroatoms. The third-order valence-corrected chi connectivity index (χ3v) is 4.62. The van der Waals surface area contributed by atoms with E-state index >= 15 is 0 Å². The standard InChI is InChI=1S/C19H16N4OS/c1-22(2)18-15-9-8-13(16-11-25-12-20-16)10-17(15)23(19(24)21-18)14-6-4-3-5-7-14/h3-12H,1-2H3. The fourth-order valence-electron chi connectivity index (χ4n) is 2.89. The van der Waals surface area contributed by atoms with E-state index in [4.69, 9.17) is 0 Å². The largest absolute Gasteiger partial charge is 0.362 e. The van der Waals surface area contributed by atoms with E-state index in [1.165, 1.54) is 0 Å². The van der Waals surface area contributed by atoms with E-state index in [2.05, 4.69) is 9.97 Å². The highest BCUT2D eigenvalue weighted by molar-refractivity contribution is 7.07. The van der Waals surface area contributed by atoms with Crippen molar-refractivity contribution in [1.82, 2.24) is 14.5 Å². The zero-order valence-electron chi connectivity index (χ0n) is 13.9. The minimum atomic E-state index is -0.294. The molecule has 0 N–H and O–H groups in total. The molecule has 4 aromatic rings. The molecule has 2 heterocycles. The molecule has 0 bridgehead atoms. The van der Waals surface area contributed by atoms with Gasteiger partial charge in [0.05, 0.1) is 22.4 Å². The van der Waals surface area contributed by atoms with E-state index in [9.17, 15) is 4.79 Å². The van der Waals surface area contributed by atoms with E-state index in [1.807, 2.05) is 78.4 Å². The fourth-order valence-corrected chi connectivity index (χ4v) is 3.45. The smallest absolute Gasteiger partial charge is 0.354 e. The predicted octanol–water partition coefficient (Wildman–Crippen LogP) is 3.58. The highest BCUT2D eigenvalue weighted by atomic mass is 32.1. The first kappa shape index (κ1) is 15.5. The molecule has 0 saturated carbocycles. The molecular formula is C19H16N4OS. The maximum absolute atomic E-state index is 12.8. The van der Waals surface area contributed by atoms with Crippen molar-refractivity contribution in [1.29, 1.82) is 0 Å². The van der Waals surface area contributed by atoms with Crippen molar-refractivity contribution in [3.8, 4) is 16.9 Å². The molecule has 0 radical (unpaired) electrons. The third-order valence-electron chi connectivity index (χ3n) is 4.04. The van der Waals surface area contributed by atoms with Gasteiger partial charge >= 0.3 is 5.69 Å². The van der Waals surface area contributed by atoms with E-state index in [-0.39, 0.29) is 5.69 Å². The molecule has 0 aliphatic carbocycles. The van der Waals surface area contributed by atoms with Crippen LogP contribution in [0.3, 0.4) is 0 Å². The predicted molar refractivity (Wildman–Crippen MR) is 103 cm³/mol. The summed E-state index contributed by atoms with van der Waals surface area (Å²) in [5.74, 6) is 0.664. The number of benzene rings is 2. The summed E-state index contributed by atoms with van der Waals surface area (Å²) in [6, 6.07) is 15.6. The zero-order valence-corrected chi connectivity index (χ0v) is 14.7. The number of thiazole rings is 1. The molecule has 0 unspecified atom stereocenters. The lowest BCUT2D eigenvalue weighted by Gasteiger charge is -2.17. The minimum Gasteiger partial charge on any atom is -0.362 e. The molecule has 0 saturated heterocycles. The molecule has 0 aliphatic heterocycles. The van der Waals surface area contributed by atoms with Gasteiger partial charge in [0.25, 0.3) is 0 Å². The van der Waals surface area contributed by atoms with Gasteiger partial charge in [0, 0.05) is 30.4 Å². The van der Waals surface area contributed by atoms with Gasteiger partial charge < -0.3 is 4.90 Å². The van der Waals surface area contributed by atoms with Crippen LogP contribution in [0.15, 0.2) is 64.2 Å².